The number of carboxylic acids is 1. The number of nitrogens with zero attached hydrogens (tertiary/aromatic N) is 4. The van der Waals surface area contributed by atoms with Crippen molar-refractivity contribution < 1.29 is 19.2 Å². The van der Waals surface area contributed by atoms with Gasteiger partial charge in [0.15, 0.2) is 5.82 Å². The van der Waals surface area contributed by atoms with Crippen molar-refractivity contribution in [3.8, 4) is 10.7 Å². The molecule has 0 aliphatic carbocycles. The van der Waals surface area contributed by atoms with Gasteiger partial charge < -0.3 is 14.9 Å². The number of hydrogen-bond donors (Lipinski definition) is 2. The highest BCUT2D eigenvalue weighted by Gasteiger charge is 2.11. The van der Waals surface area contributed by atoms with Gasteiger partial charge in [0.2, 0.25) is 17.6 Å². The highest BCUT2D eigenvalue weighted by molar-refractivity contribution is 7.13. The number of anilines is 1. The van der Waals surface area contributed by atoms with Crippen molar-refractivity contribution in [3.63, 3.8) is 0 Å². The van der Waals surface area contributed by atoms with Crippen LogP contribution in [-0.4, -0.2) is 36.9 Å². The third-order valence-corrected chi connectivity index (χ3v) is 4.08. The lowest BCUT2D eigenvalue weighted by molar-refractivity contribution is -0.137. The van der Waals surface area contributed by atoms with Gasteiger partial charge in [-0.05, 0) is 17.9 Å². The van der Waals surface area contributed by atoms with Gasteiger partial charge in [-0.15, -0.1) is 11.3 Å². The molecule has 1 amide bonds. The number of carbonyl (C=O) groups is 2. The van der Waals surface area contributed by atoms with E-state index in [9.17, 15) is 9.59 Å². The smallest absolute Gasteiger partial charge is 0.325 e. The Morgan fingerprint density at radius 1 is 1.36 bits per heavy atom. The maximum atomic E-state index is 11.9. The Bertz CT molecular complexity index is 855. The number of thiophene rings is 1. The lowest BCUT2D eigenvalue weighted by Crippen LogP contribution is -2.13. The quantitative estimate of drug-likeness (QED) is 0.629. The molecular weight excluding hydrogens is 346 g/mol. The number of hydrogen-bond acceptors (Lipinski definition) is 7. The number of nitrogens with one attached hydrogen (secondary N) is 1. The summed E-state index contributed by atoms with van der Waals surface area (Å²) in [6.45, 7) is -0.250. The zero-order chi connectivity index (χ0) is 17.6. The summed E-state index contributed by atoms with van der Waals surface area (Å²) in [5.74, 6) is 0.158. The van der Waals surface area contributed by atoms with Crippen LogP contribution in [0.5, 0.6) is 0 Å². The molecule has 3 aromatic rings. The van der Waals surface area contributed by atoms with Gasteiger partial charge in [-0.3, -0.25) is 14.3 Å². The van der Waals surface area contributed by atoms with Crippen LogP contribution in [0.15, 0.2) is 34.3 Å². The topological polar surface area (TPSA) is 123 Å². The summed E-state index contributed by atoms with van der Waals surface area (Å²) < 4.78 is 6.41. The van der Waals surface area contributed by atoms with Gasteiger partial charge >= 0.3 is 5.97 Å². The predicted octanol–water partition coefficient (Wildman–Crippen LogP) is 2.04. The molecule has 0 aliphatic heterocycles. The summed E-state index contributed by atoms with van der Waals surface area (Å²) in [6, 6.07) is 5.38. The Morgan fingerprint density at radius 3 is 3.00 bits per heavy atom. The van der Waals surface area contributed by atoms with Crippen LogP contribution < -0.4 is 5.32 Å². The molecule has 0 unspecified atom stereocenters. The maximum absolute atomic E-state index is 11.9. The van der Waals surface area contributed by atoms with Crippen LogP contribution >= 0.6 is 11.3 Å². The highest BCUT2D eigenvalue weighted by atomic mass is 32.1. The van der Waals surface area contributed by atoms with Crippen molar-refractivity contribution >= 4 is 29.0 Å². The highest BCUT2D eigenvalue weighted by Crippen LogP contribution is 2.21. The zero-order valence-corrected chi connectivity index (χ0v) is 13.9. The minimum Gasteiger partial charge on any atom is -0.480 e. The van der Waals surface area contributed by atoms with Crippen molar-refractivity contribution in [3.05, 3.63) is 35.7 Å². The Balaban J connectivity index is 1.43. The molecule has 9 nitrogen and oxygen atoms in total. The molecule has 0 aromatic carbocycles. The summed E-state index contributed by atoms with van der Waals surface area (Å²) in [5.41, 5.74) is 0. The number of aliphatic carboxylic acids is 1. The van der Waals surface area contributed by atoms with E-state index in [-0.39, 0.29) is 18.9 Å². The standard InChI is InChI=1S/C15H15N5O4S/c21-12(16-11-6-7-20(18-11)9-14(22)23)4-1-5-13-17-15(19-24-13)10-3-2-8-25-10/h2-3,6-8H,1,4-5,9H2,(H,22,23)(H,16,18,21). The Morgan fingerprint density at radius 2 is 2.24 bits per heavy atom. The molecule has 0 saturated heterocycles. The summed E-state index contributed by atoms with van der Waals surface area (Å²) in [4.78, 5) is 27.7. The number of aromatic nitrogens is 4. The largest absolute Gasteiger partial charge is 0.480 e. The first kappa shape index (κ1) is 16.8. The minimum absolute atomic E-state index is 0.210. The molecule has 0 atom stereocenters. The lowest BCUT2D eigenvalue weighted by atomic mass is 10.2. The van der Waals surface area contributed by atoms with Gasteiger partial charge in [0, 0.05) is 25.1 Å². The van der Waals surface area contributed by atoms with Crippen molar-refractivity contribution in [2.75, 3.05) is 5.32 Å². The van der Waals surface area contributed by atoms with Crippen LogP contribution in [0.25, 0.3) is 10.7 Å². The molecule has 0 spiro atoms. The van der Waals surface area contributed by atoms with E-state index in [1.54, 1.807) is 6.07 Å². The fraction of sp³-hybridized carbons (Fsp3) is 0.267. The maximum Gasteiger partial charge on any atom is 0.325 e. The van der Waals surface area contributed by atoms with E-state index in [1.807, 2.05) is 17.5 Å². The second-order valence-corrected chi connectivity index (χ2v) is 6.13. The summed E-state index contributed by atoms with van der Waals surface area (Å²) in [5, 5.41) is 21.1. The molecular formula is C15H15N5O4S. The second kappa shape index (κ2) is 7.71. The lowest BCUT2D eigenvalue weighted by Gasteiger charge is -2.00. The molecule has 3 rings (SSSR count). The number of rotatable bonds is 8. The molecule has 0 saturated carbocycles. The number of carboxylic acid groups (broad SMARTS) is 1. The first-order valence-electron chi connectivity index (χ1n) is 7.52. The van der Waals surface area contributed by atoms with E-state index in [0.29, 0.717) is 30.4 Å². The molecule has 25 heavy (non-hydrogen) atoms. The van der Waals surface area contributed by atoms with Gasteiger partial charge in [-0.1, -0.05) is 11.2 Å². The summed E-state index contributed by atoms with van der Waals surface area (Å²) in [6.07, 6.45) is 2.81. The summed E-state index contributed by atoms with van der Waals surface area (Å²) >= 11 is 1.53. The van der Waals surface area contributed by atoms with Crippen molar-refractivity contribution in [1.29, 1.82) is 0 Å². The third-order valence-electron chi connectivity index (χ3n) is 3.21. The molecule has 10 heteroatoms. The monoisotopic (exact) mass is 361 g/mol. The SMILES string of the molecule is O=C(O)Cn1ccc(NC(=O)CCCc2nc(-c3cccs3)no2)n1. The van der Waals surface area contributed by atoms with Gasteiger partial charge in [0.05, 0.1) is 4.88 Å². The van der Waals surface area contributed by atoms with Crippen LogP contribution in [0.4, 0.5) is 5.82 Å². The van der Waals surface area contributed by atoms with Crippen LogP contribution in [0.3, 0.4) is 0 Å². The zero-order valence-electron chi connectivity index (χ0n) is 13.1. The first-order valence-corrected chi connectivity index (χ1v) is 8.39. The van der Waals surface area contributed by atoms with Crippen LogP contribution in [0, 0.1) is 0 Å². The van der Waals surface area contributed by atoms with Crippen molar-refractivity contribution in [1.82, 2.24) is 19.9 Å². The van der Waals surface area contributed by atoms with E-state index in [1.165, 1.54) is 22.2 Å². The predicted molar refractivity (Wildman–Crippen MR) is 89.0 cm³/mol. The van der Waals surface area contributed by atoms with E-state index in [0.717, 1.165) is 4.88 Å². The molecule has 0 aliphatic rings. The Kier molecular flexibility index (Phi) is 5.19. The average molecular weight is 361 g/mol. The van der Waals surface area contributed by atoms with E-state index >= 15 is 0 Å². The van der Waals surface area contributed by atoms with E-state index in [2.05, 4.69) is 20.6 Å². The molecule has 0 bridgehead atoms. The first-order chi connectivity index (χ1) is 12.1. The molecule has 3 heterocycles. The van der Waals surface area contributed by atoms with Gasteiger partial charge in [-0.2, -0.15) is 10.1 Å². The fourth-order valence-corrected chi connectivity index (χ4v) is 2.77. The Labute approximate surface area is 146 Å². The molecule has 0 fully saturated rings. The number of aryl methyl sites for hydroxylation is 1. The van der Waals surface area contributed by atoms with Crippen LogP contribution in [-0.2, 0) is 22.6 Å². The molecule has 3 aromatic heterocycles. The van der Waals surface area contributed by atoms with Crippen LogP contribution in [0.1, 0.15) is 18.7 Å². The number of carbonyl (C=O) groups excluding carboxylic acids is 1. The molecule has 130 valence electrons. The van der Waals surface area contributed by atoms with Crippen molar-refractivity contribution in [2.45, 2.75) is 25.8 Å². The van der Waals surface area contributed by atoms with Gasteiger partial charge in [-0.25, -0.2) is 0 Å². The summed E-state index contributed by atoms with van der Waals surface area (Å²) in [7, 11) is 0. The third kappa shape index (κ3) is 4.73. The molecule has 0 radical (unpaired) electrons. The van der Waals surface area contributed by atoms with Gasteiger partial charge in [0.1, 0.15) is 6.54 Å². The molecule has 2 N–H and O–H groups in total. The van der Waals surface area contributed by atoms with E-state index < -0.39 is 5.97 Å². The van der Waals surface area contributed by atoms with Crippen LogP contribution in [0.2, 0.25) is 0 Å². The number of amides is 1. The minimum atomic E-state index is -0.998. The van der Waals surface area contributed by atoms with Gasteiger partial charge in [0.25, 0.3) is 0 Å². The average Bonchev–Trinajstić information content (AvgIpc) is 3.27. The fourth-order valence-electron chi connectivity index (χ4n) is 2.12. The van der Waals surface area contributed by atoms with E-state index in [4.69, 9.17) is 9.63 Å². The van der Waals surface area contributed by atoms with Crippen molar-refractivity contribution in [2.24, 2.45) is 0 Å². The Hall–Kier alpha value is -3.01. The normalized spacial score (nSPS) is 10.7. The second-order valence-electron chi connectivity index (χ2n) is 5.18.